The van der Waals surface area contributed by atoms with Crippen LogP contribution < -0.4 is 5.32 Å². The number of nitrogens with zero attached hydrogens (tertiary/aromatic N) is 1. The van der Waals surface area contributed by atoms with E-state index in [0.29, 0.717) is 11.3 Å². The lowest BCUT2D eigenvalue weighted by molar-refractivity contribution is 0.100. The average molecular weight is 322 g/mol. The number of anilines is 1. The minimum absolute atomic E-state index is 0.0438. The van der Waals surface area contributed by atoms with Gasteiger partial charge in [-0.25, -0.2) is 4.98 Å². The molecule has 0 saturated carbocycles. The molecule has 0 aliphatic heterocycles. The number of carbonyl (C=O) groups is 2. The summed E-state index contributed by atoms with van der Waals surface area (Å²) in [6.45, 7) is 1.42. The molecule has 0 atom stereocenters. The van der Waals surface area contributed by atoms with Crippen LogP contribution in [0.5, 0.6) is 0 Å². The largest absolute Gasteiger partial charge is 0.322 e. The van der Waals surface area contributed by atoms with Gasteiger partial charge in [0.1, 0.15) is 5.03 Å². The van der Waals surface area contributed by atoms with E-state index in [2.05, 4.69) is 10.3 Å². The van der Waals surface area contributed by atoms with Crippen molar-refractivity contribution in [2.24, 2.45) is 0 Å². The number of amides is 1. The molecule has 114 valence electrons. The highest BCUT2D eigenvalue weighted by atomic mass is 32.2. The van der Waals surface area contributed by atoms with Gasteiger partial charge in [0, 0.05) is 17.4 Å². The summed E-state index contributed by atoms with van der Waals surface area (Å²) >= 11 is 0.213. The van der Waals surface area contributed by atoms with Crippen molar-refractivity contribution in [3.05, 3.63) is 53.7 Å². The Hall–Kier alpha value is -2.28. The summed E-state index contributed by atoms with van der Waals surface area (Å²) in [4.78, 5) is 27.3. The summed E-state index contributed by atoms with van der Waals surface area (Å²) < 4.78 is 25.0. The first-order chi connectivity index (χ1) is 10.5. The van der Waals surface area contributed by atoms with Crippen molar-refractivity contribution in [3.63, 3.8) is 0 Å². The van der Waals surface area contributed by atoms with Gasteiger partial charge in [-0.3, -0.25) is 9.59 Å². The predicted molar refractivity (Wildman–Crippen MR) is 80.5 cm³/mol. The second-order valence-electron chi connectivity index (χ2n) is 4.33. The Bertz CT molecular complexity index is 707. The van der Waals surface area contributed by atoms with Crippen molar-refractivity contribution >= 4 is 29.1 Å². The fourth-order valence-corrected chi connectivity index (χ4v) is 2.33. The van der Waals surface area contributed by atoms with Crippen LogP contribution in [-0.4, -0.2) is 22.4 Å². The first-order valence-electron chi connectivity index (χ1n) is 6.29. The number of aromatic nitrogens is 1. The summed E-state index contributed by atoms with van der Waals surface area (Å²) in [5, 5.41) is 2.53. The standard InChI is InChI=1S/C15H12F2N2O2S/c1-9(20)10-4-2-5-11(8-10)19-13(21)12-6-3-7-18-14(12)22-15(16)17/h2-8,15H,1H3,(H,19,21). The molecule has 4 nitrogen and oxygen atoms in total. The molecular formula is C15H12F2N2O2S. The third kappa shape index (κ3) is 4.11. The van der Waals surface area contributed by atoms with E-state index in [-0.39, 0.29) is 28.1 Å². The maximum atomic E-state index is 12.5. The van der Waals surface area contributed by atoms with E-state index < -0.39 is 11.7 Å². The van der Waals surface area contributed by atoms with Crippen LogP contribution in [0.3, 0.4) is 0 Å². The highest BCUT2D eigenvalue weighted by molar-refractivity contribution is 7.99. The number of hydrogen-bond donors (Lipinski definition) is 1. The van der Waals surface area contributed by atoms with Crippen molar-refractivity contribution in [3.8, 4) is 0 Å². The lowest BCUT2D eigenvalue weighted by atomic mass is 10.1. The zero-order valence-electron chi connectivity index (χ0n) is 11.5. The minimum atomic E-state index is -2.66. The van der Waals surface area contributed by atoms with Crippen LogP contribution in [0.1, 0.15) is 27.6 Å². The Morgan fingerprint density at radius 2 is 2.00 bits per heavy atom. The maximum absolute atomic E-state index is 12.5. The smallest absolute Gasteiger partial charge is 0.290 e. The molecule has 1 N–H and O–H groups in total. The summed E-state index contributed by atoms with van der Waals surface area (Å²) in [7, 11) is 0. The molecule has 1 aromatic heterocycles. The van der Waals surface area contributed by atoms with Crippen LogP contribution in [0.2, 0.25) is 0 Å². The van der Waals surface area contributed by atoms with Gasteiger partial charge >= 0.3 is 0 Å². The van der Waals surface area contributed by atoms with E-state index in [1.165, 1.54) is 31.3 Å². The van der Waals surface area contributed by atoms with Crippen LogP contribution >= 0.6 is 11.8 Å². The monoisotopic (exact) mass is 322 g/mol. The van der Waals surface area contributed by atoms with Crippen molar-refractivity contribution in [1.82, 2.24) is 4.98 Å². The fraction of sp³-hybridized carbons (Fsp3) is 0.133. The van der Waals surface area contributed by atoms with Gasteiger partial charge in [-0.1, -0.05) is 12.1 Å². The quantitative estimate of drug-likeness (QED) is 0.671. The number of thioether (sulfide) groups is 1. The molecule has 0 aliphatic carbocycles. The number of carbonyl (C=O) groups excluding carboxylic acids is 2. The molecule has 0 unspecified atom stereocenters. The number of alkyl halides is 2. The van der Waals surface area contributed by atoms with E-state index in [1.54, 1.807) is 18.2 Å². The molecule has 2 rings (SSSR count). The first-order valence-corrected chi connectivity index (χ1v) is 7.17. The molecule has 0 spiro atoms. The summed E-state index contributed by atoms with van der Waals surface area (Å²) in [5.74, 6) is -3.36. The molecule has 1 aromatic carbocycles. The highest BCUT2D eigenvalue weighted by Crippen LogP contribution is 2.26. The van der Waals surface area contributed by atoms with Crippen LogP contribution in [0.4, 0.5) is 14.5 Å². The molecule has 0 aliphatic rings. The Morgan fingerprint density at radius 3 is 2.68 bits per heavy atom. The Kier molecular flexibility index (Phi) is 5.21. The average Bonchev–Trinajstić information content (AvgIpc) is 2.47. The van der Waals surface area contributed by atoms with Gasteiger partial charge in [0.25, 0.3) is 11.7 Å². The topological polar surface area (TPSA) is 59.1 Å². The van der Waals surface area contributed by atoms with E-state index >= 15 is 0 Å². The van der Waals surface area contributed by atoms with E-state index in [0.717, 1.165) is 0 Å². The zero-order chi connectivity index (χ0) is 16.1. The number of pyridine rings is 1. The van der Waals surface area contributed by atoms with Crippen LogP contribution in [0, 0.1) is 0 Å². The number of halogens is 2. The van der Waals surface area contributed by atoms with E-state index in [9.17, 15) is 18.4 Å². The van der Waals surface area contributed by atoms with Gasteiger partial charge in [-0.2, -0.15) is 8.78 Å². The molecule has 2 aromatic rings. The van der Waals surface area contributed by atoms with E-state index in [4.69, 9.17) is 0 Å². The second-order valence-corrected chi connectivity index (χ2v) is 5.30. The number of ketones is 1. The van der Waals surface area contributed by atoms with Crippen molar-refractivity contribution in [1.29, 1.82) is 0 Å². The molecule has 0 radical (unpaired) electrons. The molecule has 1 amide bonds. The van der Waals surface area contributed by atoms with Gasteiger partial charge in [-0.05, 0) is 43.0 Å². The zero-order valence-corrected chi connectivity index (χ0v) is 12.4. The van der Waals surface area contributed by atoms with Gasteiger partial charge in [0.2, 0.25) is 0 Å². The van der Waals surface area contributed by atoms with Crippen molar-refractivity contribution in [2.45, 2.75) is 17.7 Å². The van der Waals surface area contributed by atoms with Crippen LogP contribution in [0.15, 0.2) is 47.6 Å². The van der Waals surface area contributed by atoms with E-state index in [1.807, 2.05) is 0 Å². The third-order valence-electron chi connectivity index (χ3n) is 2.74. The molecule has 0 saturated heterocycles. The summed E-state index contributed by atoms with van der Waals surface area (Å²) in [6, 6.07) is 9.31. The highest BCUT2D eigenvalue weighted by Gasteiger charge is 2.17. The molecule has 7 heteroatoms. The van der Waals surface area contributed by atoms with Gasteiger partial charge in [0.05, 0.1) is 5.56 Å². The minimum Gasteiger partial charge on any atom is -0.322 e. The predicted octanol–water partition coefficient (Wildman–Crippen LogP) is 3.85. The lowest BCUT2D eigenvalue weighted by Gasteiger charge is -2.09. The van der Waals surface area contributed by atoms with Crippen LogP contribution in [-0.2, 0) is 0 Å². The Balaban J connectivity index is 2.22. The summed E-state index contributed by atoms with van der Waals surface area (Å²) in [6.07, 6.45) is 1.35. The van der Waals surface area contributed by atoms with Gasteiger partial charge in [0.15, 0.2) is 5.78 Å². The Morgan fingerprint density at radius 1 is 1.23 bits per heavy atom. The number of hydrogen-bond acceptors (Lipinski definition) is 4. The molecule has 1 heterocycles. The number of benzene rings is 1. The maximum Gasteiger partial charge on any atom is 0.290 e. The molecule has 22 heavy (non-hydrogen) atoms. The van der Waals surface area contributed by atoms with Gasteiger partial charge in [-0.15, -0.1) is 0 Å². The molecule has 0 bridgehead atoms. The Labute approximate surface area is 129 Å². The number of nitrogens with one attached hydrogen (secondary N) is 1. The van der Waals surface area contributed by atoms with Crippen molar-refractivity contribution in [2.75, 3.05) is 5.32 Å². The van der Waals surface area contributed by atoms with Gasteiger partial charge < -0.3 is 5.32 Å². The lowest BCUT2D eigenvalue weighted by Crippen LogP contribution is -2.14. The van der Waals surface area contributed by atoms with Crippen molar-refractivity contribution < 1.29 is 18.4 Å². The van der Waals surface area contributed by atoms with Crippen LogP contribution in [0.25, 0.3) is 0 Å². The SMILES string of the molecule is CC(=O)c1cccc(NC(=O)c2cccnc2SC(F)F)c1. The number of Topliss-reactive ketones (excluding diaryl/α,β-unsaturated/α-hetero) is 1. The fourth-order valence-electron chi connectivity index (χ4n) is 1.76. The molecular weight excluding hydrogens is 310 g/mol. The second kappa shape index (κ2) is 7.13. The normalized spacial score (nSPS) is 10.5. The molecule has 0 fully saturated rings. The first kappa shape index (κ1) is 16.1. The number of rotatable bonds is 5. The third-order valence-corrected chi connectivity index (χ3v) is 3.47. The summed E-state index contributed by atoms with van der Waals surface area (Å²) in [5.41, 5.74) is 0.918.